The zero-order valence-corrected chi connectivity index (χ0v) is 22.9. The third-order valence-electron chi connectivity index (χ3n) is 8.49. The zero-order valence-electron chi connectivity index (χ0n) is 21.3. The molecule has 0 N–H and O–H groups in total. The monoisotopic (exact) mass is 544 g/mol. The number of rotatable bonds is 1. The molecule has 0 saturated carbocycles. The van der Waals surface area contributed by atoms with Crippen LogP contribution in [0.1, 0.15) is 0 Å². The van der Waals surface area contributed by atoms with Crippen molar-refractivity contribution in [2.75, 3.05) is 4.90 Å². The Morgan fingerprint density at radius 3 is 1.85 bits per heavy atom. The SMILES string of the molecule is c1ccc2c(c1)N(c1ccc3sc4ccccc4c3c1)c1cccc3c4cc5c(cc4n-2c13)sc1ccccc15. The standard InChI is InChI=1S/C36H20N2S2/c1-5-14-32-22(8-1)26-18-21(16-17-34(26)39-32)37-28-11-3-4-12-29(28)38-31-20-35-27(23-9-2-6-15-33(23)40-35)19-25(31)24-10-7-13-30(37)36(24)38/h1-20H. The molecular weight excluding hydrogens is 525 g/mol. The highest BCUT2D eigenvalue weighted by molar-refractivity contribution is 7.26. The van der Waals surface area contributed by atoms with E-state index in [1.165, 1.54) is 84.9 Å². The van der Waals surface area contributed by atoms with Crippen molar-refractivity contribution < 1.29 is 0 Å². The molecule has 0 amide bonds. The van der Waals surface area contributed by atoms with E-state index in [0.717, 1.165) is 0 Å². The molecule has 9 aromatic rings. The quantitative estimate of drug-likeness (QED) is 0.199. The zero-order chi connectivity index (χ0) is 25.9. The lowest BCUT2D eigenvalue weighted by atomic mass is 10.1. The fraction of sp³-hybridized carbons (Fsp3) is 0. The average molecular weight is 545 g/mol. The maximum absolute atomic E-state index is 2.49. The molecule has 4 heterocycles. The number of para-hydroxylation sites is 3. The molecule has 10 rings (SSSR count). The van der Waals surface area contributed by atoms with Crippen LogP contribution < -0.4 is 4.90 Å². The van der Waals surface area contributed by atoms with Gasteiger partial charge in [0.15, 0.2) is 0 Å². The van der Waals surface area contributed by atoms with Crippen molar-refractivity contribution in [3.05, 3.63) is 121 Å². The minimum Gasteiger partial charge on any atom is -0.306 e. The minimum atomic E-state index is 1.19. The number of fused-ring (bicyclic) bond motifs is 11. The van der Waals surface area contributed by atoms with E-state index < -0.39 is 0 Å². The highest BCUT2D eigenvalue weighted by atomic mass is 32.1. The van der Waals surface area contributed by atoms with E-state index >= 15 is 0 Å². The fourth-order valence-corrected chi connectivity index (χ4v) is 9.01. The highest BCUT2D eigenvalue weighted by Crippen LogP contribution is 2.51. The number of aromatic nitrogens is 1. The molecule has 0 atom stereocenters. The molecule has 0 spiro atoms. The maximum Gasteiger partial charge on any atom is 0.0783 e. The molecule has 0 fully saturated rings. The first-order chi connectivity index (χ1) is 19.8. The van der Waals surface area contributed by atoms with Gasteiger partial charge in [-0.25, -0.2) is 0 Å². The molecule has 0 aliphatic carbocycles. The van der Waals surface area contributed by atoms with Crippen LogP contribution in [0.4, 0.5) is 17.1 Å². The predicted octanol–water partition coefficient (Wildman–Crippen LogP) is 11.3. The van der Waals surface area contributed by atoms with Gasteiger partial charge in [0, 0.05) is 56.8 Å². The number of nitrogens with zero attached hydrogens (tertiary/aromatic N) is 2. The second kappa shape index (κ2) is 7.51. The summed E-state index contributed by atoms with van der Waals surface area (Å²) in [6.45, 7) is 0. The summed E-state index contributed by atoms with van der Waals surface area (Å²) in [7, 11) is 0. The topological polar surface area (TPSA) is 8.17 Å². The Kier molecular flexibility index (Phi) is 3.98. The molecule has 1 aliphatic heterocycles. The Morgan fingerprint density at radius 2 is 1.02 bits per heavy atom. The summed E-state index contributed by atoms with van der Waals surface area (Å²) < 4.78 is 7.84. The molecule has 0 unspecified atom stereocenters. The van der Waals surface area contributed by atoms with Gasteiger partial charge in [-0.1, -0.05) is 60.7 Å². The normalized spacial score (nSPS) is 12.9. The molecule has 0 bridgehead atoms. The lowest BCUT2D eigenvalue weighted by Gasteiger charge is -2.33. The van der Waals surface area contributed by atoms with Gasteiger partial charge < -0.3 is 9.47 Å². The number of thiophene rings is 2. The van der Waals surface area contributed by atoms with E-state index in [1.807, 2.05) is 22.7 Å². The third kappa shape index (κ3) is 2.63. The Bertz CT molecular complexity index is 2510. The van der Waals surface area contributed by atoms with Crippen LogP contribution >= 0.6 is 22.7 Å². The predicted molar refractivity (Wildman–Crippen MR) is 175 cm³/mol. The van der Waals surface area contributed by atoms with Gasteiger partial charge in [0.2, 0.25) is 0 Å². The summed E-state index contributed by atoms with van der Waals surface area (Å²) in [5, 5.41) is 7.94. The van der Waals surface area contributed by atoms with E-state index in [9.17, 15) is 0 Å². The average Bonchev–Trinajstić information content (AvgIpc) is 3.66. The van der Waals surface area contributed by atoms with Crippen LogP contribution in [0.3, 0.4) is 0 Å². The van der Waals surface area contributed by atoms with Crippen molar-refractivity contribution in [1.82, 2.24) is 4.57 Å². The number of hydrogen-bond donors (Lipinski definition) is 0. The van der Waals surface area contributed by atoms with Crippen molar-refractivity contribution >= 4 is 102 Å². The number of benzene rings is 6. The van der Waals surface area contributed by atoms with Crippen molar-refractivity contribution in [3.63, 3.8) is 0 Å². The van der Waals surface area contributed by atoms with Gasteiger partial charge in [-0.2, -0.15) is 0 Å². The molecule has 4 heteroatoms. The second-order valence-corrected chi connectivity index (χ2v) is 12.7. The molecule has 0 saturated heterocycles. The summed E-state index contributed by atoms with van der Waals surface area (Å²) in [6.07, 6.45) is 0. The van der Waals surface area contributed by atoms with Crippen LogP contribution in [0.5, 0.6) is 0 Å². The number of hydrogen-bond acceptors (Lipinski definition) is 3. The minimum absolute atomic E-state index is 1.19. The molecule has 1 aliphatic rings. The van der Waals surface area contributed by atoms with Gasteiger partial charge in [0.25, 0.3) is 0 Å². The van der Waals surface area contributed by atoms with Crippen molar-refractivity contribution in [1.29, 1.82) is 0 Å². The van der Waals surface area contributed by atoms with Gasteiger partial charge in [-0.05, 0) is 60.7 Å². The Balaban J connectivity index is 1.32. The van der Waals surface area contributed by atoms with Gasteiger partial charge in [-0.15, -0.1) is 22.7 Å². The summed E-state index contributed by atoms with van der Waals surface area (Å²) in [5.41, 5.74) is 7.38. The second-order valence-electron chi connectivity index (χ2n) is 10.6. The van der Waals surface area contributed by atoms with E-state index in [1.54, 1.807) is 0 Å². The van der Waals surface area contributed by atoms with E-state index in [0.29, 0.717) is 0 Å². The summed E-state index contributed by atoms with van der Waals surface area (Å²) in [6, 6.07) is 45.0. The summed E-state index contributed by atoms with van der Waals surface area (Å²) in [5.74, 6) is 0. The molecule has 3 aromatic heterocycles. The van der Waals surface area contributed by atoms with Crippen LogP contribution in [-0.2, 0) is 0 Å². The van der Waals surface area contributed by atoms with Crippen molar-refractivity contribution in [2.45, 2.75) is 0 Å². The first-order valence-electron chi connectivity index (χ1n) is 13.5. The summed E-state index contributed by atoms with van der Waals surface area (Å²) >= 11 is 3.76. The lowest BCUT2D eigenvalue weighted by Crippen LogP contribution is -2.17. The van der Waals surface area contributed by atoms with Crippen LogP contribution in [0.15, 0.2) is 121 Å². The smallest absolute Gasteiger partial charge is 0.0783 e. The summed E-state index contributed by atoms with van der Waals surface area (Å²) in [4.78, 5) is 2.46. The Hall–Kier alpha value is -4.64. The van der Waals surface area contributed by atoms with E-state index in [4.69, 9.17) is 0 Å². The van der Waals surface area contributed by atoms with Crippen molar-refractivity contribution in [3.8, 4) is 5.69 Å². The van der Waals surface area contributed by atoms with Crippen LogP contribution in [0.25, 0.3) is 67.8 Å². The largest absolute Gasteiger partial charge is 0.306 e. The van der Waals surface area contributed by atoms with Crippen LogP contribution in [-0.4, -0.2) is 4.57 Å². The Morgan fingerprint density at radius 1 is 0.400 bits per heavy atom. The molecule has 2 nitrogen and oxygen atoms in total. The van der Waals surface area contributed by atoms with Crippen LogP contribution in [0.2, 0.25) is 0 Å². The van der Waals surface area contributed by atoms with Gasteiger partial charge >= 0.3 is 0 Å². The van der Waals surface area contributed by atoms with Gasteiger partial charge in [0.05, 0.1) is 28.1 Å². The lowest BCUT2D eigenvalue weighted by molar-refractivity contribution is 1.11. The third-order valence-corrected chi connectivity index (χ3v) is 10.8. The Labute approximate surface area is 237 Å². The number of anilines is 3. The maximum atomic E-state index is 2.49. The highest BCUT2D eigenvalue weighted by Gasteiger charge is 2.29. The molecule has 186 valence electrons. The van der Waals surface area contributed by atoms with Crippen LogP contribution in [0, 0.1) is 0 Å². The molecule has 6 aromatic carbocycles. The molecular formula is C36H20N2S2. The molecule has 40 heavy (non-hydrogen) atoms. The first-order valence-corrected chi connectivity index (χ1v) is 15.2. The van der Waals surface area contributed by atoms with Crippen molar-refractivity contribution in [2.24, 2.45) is 0 Å². The molecule has 0 radical (unpaired) electrons. The van der Waals surface area contributed by atoms with E-state index in [2.05, 4.69) is 131 Å². The van der Waals surface area contributed by atoms with E-state index in [-0.39, 0.29) is 0 Å². The van der Waals surface area contributed by atoms with Gasteiger partial charge in [0.1, 0.15) is 0 Å². The van der Waals surface area contributed by atoms with Gasteiger partial charge in [-0.3, -0.25) is 0 Å². The fourth-order valence-electron chi connectivity index (χ4n) is 6.80. The first kappa shape index (κ1) is 21.2.